The van der Waals surface area contributed by atoms with Gasteiger partial charge in [0.1, 0.15) is 0 Å². The molecule has 0 bridgehead atoms. The Hall–Kier alpha value is -1.87. The molecule has 0 unspecified atom stereocenters. The van der Waals surface area contributed by atoms with E-state index in [2.05, 4.69) is 59.5 Å². The number of nitrogens with zero attached hydrogens (tertiary/aromatic N) is 2. The lowest BCUT2D eigenvalue weighted by atomic mass is 10.1. The molecule has 21 heavy (non-hydrogen) atoms. The van der Waals surface area contributed by atoms with Crippen LogP contribution in [0.4, 0.5) is 5.69 Å². The lowest BCUT2D eigenvalue weighted by Gasteiger charge is -2.22. The van der Waals surface area contributed by atoms with Crippen molar-refractivity contribution in [2.75, 3.05) is 11.9 Å². The molecule has 0 aliphatic heterocycles. The van der Waals surface area contributed by atoms with Crippen molar-refractivity contribution in [3.63, 3.8) is 0 Å². The van der Waals surface area contributed by atoms with Gasteiger partial charge in [-0.3, -0.25) is 4.98 Å². The van der Waals surface area contributed by atoms with Crippen LogP contribution in [-0.2, 0) is 13.1 Å². The van der Waals surface area contributed by atoms with Crippen LogP contribution < -0.4 is 10.2 Å². The fourth-order valence-corrected chi connectivity index (χ4v) is 2.62. The monoisotopic (exact) mass is 281 g/mol. The van der Waals surface area contributed by atoms with Crippen molar-refractivity contribution in [2.45, 2.75) is 38.9 Å². The molecule has 1 fully saturated rings. The Balaban J connectivity index is 1.72. The minimum Gasteiger partial charge on any atom is -0.369 e. The summed E-state index contributed by atoms with van der Waals surface area (Å²) in [5, 5.41) is 3.59. The molecule has 2 aromatic rings. The van der Waals surface area contributed by atoms with E-state index >= 15 is 0 Å². The quantitative estimate of drug-likeness (QED) is 0.880. The predicted octanol–water partition coefficient (Wildman–Crippen LogP) is 3.28. The fourth-order valence-electron chi connectivity index (χ4n) is 2.62. The highest BCUT2D eigenvalue weighted by molar-refractivity contribution is 5.51. The summed E-state index contributed by atoms with van der Waals surface area (Å²) in [6.45, 7) is 3.98. The third kappa shape index (κ3) is 3.82. The van der Waals surface area contributed by atoms with Gasteiger partial charge in [-0.1, -0.05) is 29.8 Å². The minimum atomic E-state index is 0.730. The van der Waals surface area contributed by atoms with Crippen LogP contribution in [-0.4, -0.2) is 18.1 Å². The molecule has 0 spiro atoms. The fraction of sp³-hybridized carbons (Fsp3) is 0.389. The van der Waals surface area contributed by atoms with Crippen molar-refractivity contribution in [3.05, 3.63) is 59.4 Å². The molecule has 3 nitrogen and oxygen atoms in total. The maximum Gasteiger partial charge on any atom is 0.0598 e. The predicted molar refractivity (Wildman–Crippen MR) is 87.4 cm³/mol. The highest BCUT2D eigenvalue weighted by Crippen LogP contribution is 2.23. The number of benzene rings is 1. The van der Waals surface area contributed by atoms with Crippen LogP contribution >= 0.6 is 0 Å². The lowest BCUT2D eigenvalue weighted by Crippen LogP contribution is -2.21. The summed E-state index contributed by atoms with van der Waals surface area (Å²) in [6.07, 6.45) is 6.49. The number of aromatic nitrogens is 1. The third-order valence-corrected chi connectivity index (χ3v) is 3.96. The zero-order chi connectivity index (χ0) is 14.7. The average Bonchev–Trinajstić information content (AvgIpc) is 3.29. The molecule has 3 heteroatoms. The van der Waals surface area contributed by atoms with Crippen molar-refractivity contribution < 1.29 is 0 Å². The van der Waals surface area contributed by atoms with Gasteiger partial charge in [-0.25, -0.2) is 0 Å². The Morgan fingerprint density at radius 1 is 1.29 bits per heavy atom. The van der Waals surface area contributed by atoms with Gasteiger partial charge in [0.05, 0.1) is 11.9 Å². The van der Waals surface area contributed by atoms with E-state index in [1.54, 1.807) is 0 Å². The molecular formula is C18H23N3. The molecule has 1 aliphatic carbocycles. The molecule has 0 radical (unpaired) electrons. The van der Waals surface area contributed by atoms with Crippen molar-refractivity contribution in [3.8, 4) is 0 Å². The summed E-state index contributed by atoms with van der Waals surface area (Å²) in [4.78, 5) is 6.58. The zero-order valence-electron chi connectivity index (χ0n) is 12.8. The second-order valence-electron chi connectivity index (χ2n) is 6.00. The number of hydrogen-bond acceptors (Lipinski definition) is 3. The number of hydrogen-bond donors (Lipinski definition) is 1. The second-order valence-corrected chi connectivity index (χ2v) is 6.00. The molecular weight excluding hydrogens is 258 g/mol. The van der Waals surface area contributed by atoms with Gasteiger partial charge in [0.25, 0.3) is 0 Å². The molecule has 1 aromatic carbocycles. The van der Waals surface area contributed by atoms with Crippen LogP contribution in [0.2, 0.25) is 0 Å². The first-order valence-electron chi connectivity index (χ1n) is 7.65. The Morgan fingerprint density at radius 2 is 2.14 bits per heavy atom. The van der Waals surface area contributed by atoms with Gasteiger partial charge in [0.2, 0.25) is 0 Å². The van der Waals surface area contributed by atoms with E-state index in [1.165, 1.54) is 35.2 Å². The molecule has 1 aliphatic rings. The highest BCUT2D eigenvalue weighted by atomic mass is 15.1. The number of nitrogens with one attached hydrogen (secondary N) is 1. The molecule has 0 atom stereocenters. The third-order valence-electron chi connectivity index (χ3n) is 3.96. The van der Waals surface area contributed by atoms with Crippen LogP contribution in [0, 0.1) is 6.92 Å². The van der Waals surface area contributed by atoms with Gasteiger partial charge < -0.3 is 10.2 Å². The molecule has 1 aromatic heterocycles. The normalized spacial score (nSPS) is 14.2. The van der Waals surface area contributed by atoms with E-state index in [9.17, 15) is 0 Å². The smallest absolute Gasteiger partial charge is 0.0598 e. The summed E-state index contributed by atoms with van der Waals surface area (Å²) in [5.74, 6) is 0. The van der Waals surface area contributed by atoms with E-state index in [4.69, 9.17) is 0 Å². The van der Waals surface area contributed by atoms with Crippen LogP contribution in [0.3, 0.4) is 0 Å². The van der Waals surface area contributed by atoms with Crippen LogP contribution in [0.1, 0.15) is 29.5 Å². The van der Waals surface area contributed by atoms with E-state index in [1.807, 2.05) is 12.4 Å². The first-order valence-corrected chi connectivity index (χ1v) is 7.65. The zero-order valence-corrected chi connectivity index (χ0v) is 12.8. The largest absolute Gasteiger partial charge is 0.369 e. The van der Waals surface area contributed by atoms with Crippen LogP contribution in [0.5, 0.6) is 0 Å². The number of rotatable bonds is 6. The van der Waals surface area contributed by atoms with Crippen LogP contribution in [0.25, 0.3) is 0 Å². The molecule has 0 amide bonds. The van der Waals surface area contributed by atoms with Gasteiger partial charge >= 0.3 is 0 Å². The topological polar surface area (TPSA) is 28.2 Å². The Labute approximate surface area is 127 Å². The lowest BCUT2D eigenvalue weighted by molar-refractivity contribution is 0.684. The van der Waals surface area contributed by atoms with Gasteiger partial charge in [-0.2, -0.15) is 0 Å². The summed E-state index contributed by atoms with van der Waals surface area (Å²) in [6, 6.07) is 11.5. The van der Waals surface area contributed by atoms with Gasteiger partial charge in [0.15, 0.2) is 0 Å². The molecule has 110 valence electrons. The van der Waals surface area contributed by atoms with Crippen molar-refractivity contribution in [1.29, 1.82) is 0 Å². The second kappa shape index (κ2) is 6.27. The maximum atomic E-state index is 4.30. The Bertz CT molecular complexity index is 605. The van der Waals surface area contributed by atoms with Crippen molar-refractivity contribution in [1.82, 2.24) is 10.3 Å². The van der Waals surface area contributed by atoms with Crippen molar-refractivity contribution >= 4 is 5.69 Å². The number of aryl methyl sites for hydroxylation is 1. The SMILES string of the molecule is Cc1cccc(CN(C)c2cnccc2CNC2CC2)c1. The highest BCUT2D eigenvalue weighted by Gasteiger charge is 2.20. The minimum absolute atomic E-state index is 0.730. The van der Waals surface area contributed by atoms with Crippen LogP contribution in [0.15, 0.2) is 42.7 Å². The maximum absolute atomic E-state index is 4.30. The van der Waals surface area contributed by atoms with Gasteiger partial charge in [-0.15, -0.1) is 0 Å². The van der Waals surface area contributed by atoms with E-state index in [0.717, 1.165) is 19.1 Å². The number of pyridine rings is 1. The van der Waals surface area contributed by atoms with Crippen molar-refractivity contribution in [2.24, 2.45) is 0 Å². The van der Waals surface area contributed by atoms with Gasteiger partial charge in [-0.05, 0) is 37.0 Å². The number of anilines is 1. The Morgan fingerprint density at radius 3 is 2.90 bits per heavy atom. The first kappa shape index (κ1) is 14.1. The Kier molecular flexibility index (Phi) is 4.20. The first-order chi connectivity index (χ1) is 10.2. The summed E-state index contributed by atoms with van der Waals surface area (Å²) < 4.78 is 0. The van der Waals surface area contributed by atoms with Gasteiger partial charge in [0, 0.05) is 32.4 Å². The molecule has 1 N–H and O–H groups in total. The van der Waals surface area contributed by atoms with E-state index < -0.39 is 0 Å². The van der Waals surface area contributed by atoms with E-state index in [0.29, 0.717) is 0 Å². The molecule has 1 heterocycles. The summed E-state index contributed by atoms with van der Waals surface area (Å²) >= 11 is 0. The summed E-state index contributed by atoms with van der Waals surface area (Å²) in [5.41, 5.74) is 5.18. The summed E-state index contributed by atoms with van der Waals surface area (Å²) in [7, 11) is 2.14. The average molecular weight is 281 g/mol. The molecule has 3 rings (SSSR count). The standard InChI is InChI=1S/C18H23N3/c1-14-4-3-5-15(10-14)13-21(2)18-12-19-9-8-16(18)11-20-17-6-7-17/h3-5,8-10,12,17,20H,6-7,11,13H2,1-2H3. The molecule has 0 saturated heterocycles. The van der Waals surface area contributed by atoms with E-state index in [-0.39, 0.29) is 0 Å². The molecule has 1 saturated carbocycles.